The Bertz CT molecular complexity index is 1140. The SMILES string of the molecule is CCn1nccc1C1CCCCC1Oc1ccc(S(=O)(=O)Nc2ccncn2)c(F)c1. The molecule has 0 amide bonds. The van der Waals surface area contributed by atoms with Crippen LogP contribution in [-0.4, -0.2) is 34.3 Å². The molecule has 1 fully saturated rings. The van der Waals surface area contributed by atoms with Crippen molar-refractivity contribution in [1.29, 1.82) is 0 Å². The molecule has 10 heteroatoms. The minimum Gasteiger partial charge on any atom is -0.490 e. The number of aryl methyl sites for hydroxylation is 1. The lowest BCUT2D eigenvalue weighted by Gasteiger charge is -2.32. The van der Waals surface area contributed by atoms with Gasteiger partial charge in [-0.25, -0.2) is 22.8 Å². The molecular weight excluding hydrogens is 421 g/mol. The van der Waals surface area contributed by atoms with Gasteiger partial charge in [-0.3, -0.25) is 9.40 Å². The van der Waals surface area contributed by atoms with Gasteiger partial charge in [0.2, 0.25) is 0 Å². The van der Waals surface area contributed by atoms with E-state index in [1.807, 2.05) is 17.7 Å². The fraction of sp³-hybridized carbons (Fsp3) is 0.381. The minimum atomic E-state index is -4.13. The van der Waals surface area contributed by atoms with Gasteiger partial charge in [-0.15, -0.1) is 0 Å². The highest BCUT2D eigenvalue weighted by atomic mass is 32.2. The second-order valence-electron chi connectivity index (χ2n) is 7.41. The van der Waals surface area contributed by atoms with Gasteiger partial charge < -0.3 is 4.74 Å². The third-order valence-corrected chi connectivity index (χ3v) is 6.82. The lowest BCUT2D eigenvalue weighted by molar-refractivity contribution is 0.125. The van der Waals surface area contributed by atoms with E-state index in [4.69, 9.17) is 4.74 Å². The van der Waals surface area contributed by atoms with E-state index >= 15 is 0 Å². The fourth-order valence-corrected chi connectivity index (χ4v) is 5.06. The highest BCUT2D eigenvalue weighted by Gasteiger charge is 2.31. The van der Waals surface area contributed by atoms with Gasteiger partial charge in [-0.1, -0.05) is 6.42 Å². The second kappa shape index (κ2) is 9.01. The van der Waals surface area contributed by atoms with Crippen molar-refractivity contribution in [2.24, 2.45) is 0 Å². The van der Waals surface area contributed by atoms with E-state index in [-0.39, 0.29) is 17.8 Å². The molecule has 2 heterocycles. The normalized spacial score (nSPS) is 19.2. The summed E-state index contributed by atoms with van der Waals surface area (Å²) in [4.78, 5) is 7.06. The van der Waals surface area contributed by atoms with Gasteiger partial charge in [-0.2, -0.15) is 5.10 Å². The summed E-state index contributed by atoms with van der Waals surface area (Å²) in [6.45, 7) is 2.81. The summed E-state index contributed by atoms with van der Waals surface area (Å²) in [5.41, 5.74) is 1.11. The summed E-state index contributed by atoms with van der Waals surface area (Å²) in [5, 5.41) is 4.36. The first-order chi connectivity index (χ1) is 15.0. The van der Waals surface area contributed by atoms with Crippen molar-refractivity contribution >= 4 is 15.8 Å². The summed E-state index contributed by atoms with van der Waals surface area (Å²) in [5.74, 6) is -0.364. The van der Waals surface area contributed by atoms with Crippen molar-refractivity contribution in [2.75, 3.05) is 4.72 Å². The Labute approximate surface area is 180 Å². The molecule has 3 aromatic rings. The third kappa shape index (κ3) is 4.68. The van der Waals surface area contributed by atoms with Crippen LogP contribution in [0.5, 0.6) is 5.75 Å². The zero-order valence-corrected chi connectivity index (χ0v) is 17.9. The summed E-state index contributed by atoms with van der Waals surface area (Å²) in [6.07, 6.45) is 8.19. The predicted molar refractivity (Wildman–Crippen MR) is 113 cm³/mol. The zero-order chi connectivity index (χ0) is 21.8. The molecule has 2 aromatic heterocycles. The molecule has 0 aliphatic heterocycles. The molecule has 31 heavy (non-hydrogen) atoms. The number of sulfonamides is 1. The van der Waals surface area contributed by atoms with Gasteiger partial charge >= 0.3 is 0 Å². The van der Waals surface area contributed by atoms with Gasteiger partial charge in [0.15, 0.2) is 0 Å². The monoisotopic (exact) mass is 445 g/mol. The zero-order valence-electron chi connectivity index (χ0n) is 17.1. The molecule has 4 rings (SSSR count). The first-order valence-electron chi connectivity index (χ1n) is 10.2. The van der Waals surface area contributed by atoms with Crippen LogP contribution >= 0.6 is 0 Å². The van der Waals surface area contributed by atoms with Crippen molar-refractivity contribution in [3.63, 3.8) is 0 Å². The number of aromatic nitrogens is 4. The van der Waals surface area contributed by atoms with Crippen LogP contribution in [0.3, 0.4) is 0 Å². The molecule has 1 N–H and O–H groups in total. The summed E-state index contributed by atoms with van der Waals surface area (Å²) >= 11 is 0. The van der Waals surface area contributed by atoms with E-state index in [1.54, 1.807) is 6.20 Å². The molecule has 0 bridgehead atoms. The molecule has 0 spiro atoms. The van der Waals surface area contributed by atoms with E-state index in [2.05, 4.69) is 19.8 Å². The molecule has 1 aromatic carbocycles. The van der Waals surface area contributed by atoms with E-state index in [9.17, 15) is 12.8 Å². The molecule has 0 saturated heterocycles. The van der Waals surface area contributed by atoms with Crippen LogP contribution in [0, 0.1) is 5.82 Å². The maximum atomic E-state index is 14.7. The number of nitrogens with one attached hydrogen (secondary N) is 1. The van der Waals surface area contributed by atoms with E-state index in [0.717, 1.165) is 44.0 Å². The fourth-order valence-electron chi connectivity index (χ4n) is 3.99. The van der Waals surface area contributed by atoms with Crippen molar-refractivity contribution in [3.05, 3.63) is 60.6 Å². The number of rotatable bonds is 7. The number of hydrogen-bond donors (Lipinski definition) is 1. The average Bonchev–Trinajstić information content (AvgIpc) is 3.23. The van der Waals surface area contributed by atoms with Crippen LogP contribution in [-0.2, 0) is 16.6 Å². The van der Waals surface area contributed by atoms with Crippen LogP contribution in [0.15, 0.2) is 53.9 Å². The van der Waals surface area contributed by atoms with E-state index < -0.39 is 20.7 Å². The molecule has 164 valence electrons. The number of hydrogen-bond acceptors (Lipinski definition) is 6. The number of benzene rings is 1. The smallest absolute Gasteiger partial charge is 0.265 e. The van der Waals surface area contributed by atoms with Crippen LogP contribution in [0.25, 0.3) is 0 Å². The minimum absolute atomic E-state index is 0.0623. The van der Waals surface area contributed by atoms with Gasteiger partial charge in [0.25, 0.3) is 10.0 Å². The number of ether oxygens (including phenoxy) is 1. The van der Waals surface area contributed by atoms with Gasteiger partial charge in [0.05, 0.1) is 0 Å². The van der Waals surface area contributed by atoms with Crippen LogP contribution < -0.4 is 9.46 Å². The summed E-state index contributed by atoms with van der Waals surface area (Å²) in [7, 11) is -4.13. The second-order valence-corrected chi connectivity index (χ2v) is 9.06. The lowest BCUT2D eigenvalue weighted by Crippen LogP contribution is -2.30. The third-order valence-electron chi connectivity index (χ3n) is 5.43. The first-order valence-corrected chi connectivity index (χ1v) is 11.7. The summed E-state index contributed by atoms with van der Waals surface area (Å²) in [6, 6.07) is 7.21. The van der Waals surface area contributed by atoms with Crippen LogP contribution in [0.2, 0.25) is 0 Å². The molecule has 8 nitrogen and oxygen atoms in total. The number of anilines is 1. The van der Waals surface area contributed by atoms with Crippen molar-refractivity contribution in [3.8, 4) is 5.75 Å². The highest BCUT2D eigenvalue weighted by Crippen LogP contribution is 2.36. The lowest BCUT2D eigenvalue weighted by atomic mass is 9.84. The average molecular weight is 446 g/mol. The predicted octanol–water partition coefficient (Wildman–Crippen LogP) is 3.74. The van der Waals surface area contributed by atoms with Gasteiger partial charge in [0, 0.05) is 36.6 Å². The Balaban J connectivity index is 1.53. The molecule has 2 atom stereocenters. The van der Waals surface area contributed by atoms with Crippen molar-refractivity contribution in [2.45, 2.75) is 56.1 Å². The highest BCUT2D eigenvalue weighted by molar-refractivity contribution is 7.92. The van der Waals surface area contributed by atoms with Gasteiger partial charge in [-0.05, 0) is 50.5 Å². The Hall–Kier alpha value is -3.01. The van der Waals surface area contributed by atoms with E-state index in [1.165, 1.54) is 30.7 Å². The number of halogens is 1. The Morgan fingerprint density at radius 1 is 1.19 bits per heavy atom. The standard InChI is InChI=1S/C21H24FN5O3S/c1-2-27-18(9-12-25-27)16-5-3-4-6-19(16)30-15-7-8-20(17(22)13-15)31(28,29)26-21-10-11-23-14-24-21/h7-14,16,19H,2-6H2,1H3,(H,23,24,26). The Morgan fingerprint density at radius 3 is 2.77 bits per heavy atom. The molecule has 1 aliphatic rings. The maximum Gasteiger partial charge on any atom is 0.265 e. The first kappa shape index (κ1) is 21.2. The molecular formula is C21H24FN5O3S. The maximum absolute atomic E-state index is 14.7. The van der Waals surface area contributed by atoms with Crippen LogP contribution in [0.1, 0.15) is 44.2 Å². The molecule has 1 aliphatic carbocycles. The number of nitrogens with zero attached hydrogens (tertiary/aromatic N) is 4. The van der Waals surface area contributed by atoms with Crippen molar-refractivity contribution in [1.82, 2.24) is 19.7 Å². The Kier molecular flexibility index (Phi) is 6.17. The molecule has 2 unspecified atom stereocenters. The summed E-state index contributed by atoms with van der Waals surface area (Å²) < 4.78 is 50.2. The largest absolute Gasteiger partial charge is 0.490 e. The van der Waals surface area contributed by atoms with Crippen LogP contribution in [0.4, 0.5) is 10.2 Å². The quantitative estimate of drug-likeness (QED) is 0.595. The molecule has 0 radical (unpaired) electrons. The Morgan fingerprint density at radius 2 is 2.03 bits per heavy atom. The molecule has 1 saturated carbocycles. The van der Waals surface area contributed by atoms with E-state index in [0.29, 0.717) is 5.75 Å². The topological polar surface area (TPSA) is 99.0 Å². The van der Waals surface area contributed by atoms with Gasteiger partial charge in [0.1, 0.15) is 34.7 Å². The van der Waals surface area contributed by atoms with Crippen molar-refractivity contribution < 1.29 is 17.5 Å².